The molecule has 0 saturated heterocycles. The zero-order valence-electron chi connectivity index (χ0n) is 7.42. The number of hydrogen-bond donors (Lipinski definition) is 2. The van der Waals surface area contributed by atoms with Gasteiger partial charge in [0.25, 0.3) is 0 Å². The average molecular weight is 188 g/mol. The summed E-state index contributed by atoms with van der Waals surface area (Å²) in [5, 5.41) is 12.0. The first-order chi connectivity index (χ1) is 5.83. The van der Waals surface area contributed by atoms with Gasteiger partial charge in [0, 0.05) is 18.9 Å². The van der Waals surface area contributed by atoms with Crippen molar-refractivity contribution in [3.8, 4) is 0 Å². The summed E-state index contributed by atoms with van der Waals surface area (Å²) in [5.41, 5.74) is 0. The molecular formula is C8H16N2OS. The van der Waals surface area contributed by atoms with Crippen molar-refractivity contribution in [1.82, 2.24) is 5.32 Å². The van der Waals surface area contributed by atoms with Crippen LogP contribution in [0.25, 0.3) is 0 Å². The lowest BCUT2D eigenvalue weighted by Gasteiger charge is -2.15. The summed E-state index contributed by atoms with van der Waals surface area (Å²) in [5.74, 6) is 3.55. The largest absolute Gasteiger partial charge is 0.396 e. The number of aliphatic hydroxyl groups excluding tert-OH is 1. The van der Waals surface area contributed by atoms with Gasteiger partial charge in [-0.05, 0) is 5.92 Å². The smallest absolute Gasteiger partial charge is 0.106 e. The minimum atomic E-state index is 0.243. The molecule has 0 aromatic heterocycles. The van der Waals surface area contributed by atoms with Crippen molar-refractivity contribution >= 4 is 17.6 Å². The Morgan fingerprint density at radius 3 is 3.17 bits per heavy atom. The van der Waals surface area contributed by atoms with Gasteiger partial charge in [-0.25, -0.2) is 0 Å². The topological polar surface area (TPSA) is 44.6 Å². The molecule has 0 fully saturated rings. The number of hydrogen-bond acceptors (Lipinski definition) is 4. The highest BCUT2D eigenvalue weighted by Crippen LogP contribution is 2.05. The lowest BCUT2D eigenvalue weighted by atomic mass is 10.2. The Balaban J connectivity index is 2.17. The lowest BCUT2D eigenvalue weighted by Crippen LogP contribution is -2.33. The highest BCUT2D eigenvalue weighted by atomic mass is 32.2. The van der Waals surface area contributed by atoms with Crippen LogP contribution >= 0.6 is 11.8 Å². The number of nitrogens with zero attached hydrogens (tertiary/aromatic N) is 1. The van der Waals surface area contributed by atoms with Crippen molar-refractivity contribution in [1.29, 1.82) is 0 Å². The third kappa shape index (κ3) is 3.45. The van der Waals surface area contributed by atoms with Crippen molar-refractivity contribution in [2.45, 2.75) is 6.92 Å². The molecule has 1 heterocycles. The summed E-state index contributed by atoms with van der Waals surface area (Å²) < 4.78 is 0. The van der Waals surface area contributed by atoms with E-state index in [2.05, 4.69) is 10.3 Å². The summed E-state index contributed by atoms with van der Waals surface area (Å²) in [6.07, 6.45) is 0. The van der Waals surface area contributed by atoms with E-state index in [4.69, 9.17) is 5.11 Å². The molecule has 0 aliphatic carbocycles. The highest BCUT2D eigenvalue weighted by molar-refractivity contribution is 8.00. The van der Waals surface area contributed by atoms with Crippen molar-refractivity contribution in [3.05, 3.63) is 0 Å². The molecule has 0 saturated carbocycles. The van der Waals surface area contributed by atoms with E-state index in [1.807, 2.05) is 18.7 Å². The molecule has 70 valence electrons. The number of thioether (sulfide) groups is 1. The third-order valence-electron chi connectivity index (χ3n) is 1.74. The second-order valence-electron chi connectivity index (χ2n) is 3.05. The minimum absolute atomic E-state index is 0.243. The monoisotopic (exact) mass is 188 g/mol. The van der Waals surface area contributed by atoms with Crippen LogP contribution in [0.15, 0.2) is 4.99 Å². The molecule has 0 aromatic rings. The predicted molar refractivity (Wildman–Crippen MR) is 53.9 cm³/mol. The normalized spacial score (nSPS) is 20.0. The molecule has 2 N–H and O–H groups in total. The molecule has 1 atom stereocenters. The van der Waals surface area contributed by atoms with E-state index in [0.29, 0.717) is 5.92 Å². The number of amidine groups is 1. The molecule has 0 spiro atoms. The van der Waals surface area contributed by atoms with E-state index in [9.17, 15) is 0 Å². The fourth-order valence-corrected chi connectivity index (χ4v) is 1.67. The van der Waals surface area contributed by atoms with Crippen LogP contribution in [0, 0.1) is 5.92 Å². The van der Waals surface area contributed by atoms with Crippen molar-refractivity contribution in [2.24, 2.45) is 10.9 Å². The molecule has 0 amide bonds. The number of nitrogens with one attached hydrogen (secondary N) is 1. The predicted octanol–water partition coefficient (Wildman–Crippen LogP) is 0.350. The fourth-order valence-electron chi connectivity index (χ4n) is 0.923. The summed E-state index contributed by atoms with van der Waals surface area (Å²) >= 11 is 1.91. The summed E-state index contributed by atoms with van der Waals surface area (Å²) in [4.78, 5) is 4.34. The molecule has 1 aliphatic heterocycles. The number of aliphatic hydroxyl groups is 1. The average Bonchev–Trinajstić information content (AvgIpc) is 2.16. The van der Waals surface area contributed by atoms with Crippen LogP contribution in [-0.2, 0) is 0 Å². The van der Waals surface area contributed by atoms with E-state index >= 15 is 0 Å². The Hall–Kier alpha value is -0.220. The highest BCUT2D eigenvalue weighted by Gasteiger charge is 2.05. The maximum atomic E-state index is 8.78. The Morgan fingerprint density at radius 1 is 1.75 bits per heavy atom. The van der Waals surface area contributed by atoms with Crippen LogP contribution in [-0.4, -0.2) is 42.1 Å². The molecule has 0 bridgehead atoms. The first-order valence-electron chi connectivity index (χ1n) is 4.28. The van der Waals surface area contributed by atoms with Crippen LogP contribution in [0.2, 0.25) is 0 Å². The van der Waals surface area contributed by atoms with Crippen LogP contribution in [0.3, 0.4) is 0 Å². The first-order valence-corrected chi connectivity index (χ1v) is 5.44. The molecular weight excluding hydrogens is 172 g/mol. The zero-order chi connectivity index (χ0) is 8.81. The molecule has 0 radical (unpaired) electrons. The van der Waals surface area contributed by atoms with E-state index in [1.54, 1.807) is 0 Å². The van der Waals surface area contributed by atoms with E-state index < -0.39 is 0 Å². The van der Waals surface area contributed by atoms with Gasteiger partial charge in [0.1, 0.15) is 5.84 Å². The van der Waals surface area contributed by atoms with Gasteiger partial charge in [0.15, 0.2) is 0 Å². The molecule has 1 aliphatic rings. The Bertz CT molecular complexity index is 161. The van der Waals surface area contributed by atoms with Gasteiger partial charge >= 0.3 is 0 Å². The molecule has 4 heteroatoms. The second kappa shape index (κ2) is 5.43. The lowest BCUT2D eigenvalue weighted by molar-refractivity contribution is 0.238. The van der Waals surface area contributed by atoms with Gasteiger partial charge in [-0.1, -0.05) is 6.92 Å². The maximum absolute atomic E-state index is 8.78. The van der Waals surface area contributed by atoms with E-state index in [0.717, 1.165) is 30.4 Å². The Labute approximate surface area is 77.7 Å². The Kier molecular flexibility index (Phi) is 4.46. The van der Waals surface area contributed by atoms with Gasteiger partial charge in [-0.3, -0.25) is 4.99 Å². The molecule has 0 aromatic carbocycles. The fraction of sp³-hybridized carbons (Fsp3) is 0.875. The second-order valence-corrected chi connectivity index (χ2v) is 4.15. The van der Waals surface area contributed by atoms with E-state index in [1.165, 1.54) is 0 Å². The minimum Gasteiger partial charge on any atom is -0.396 e. The van der Waals surface area contributed by atoms with E-state index in [-0.39, 0.29) is 6.61 Å². The molecule has 12 heavy (non-hydrogen) atoms. The quantitative estimate of drug-likeness (QED) is 0.672. The summed E-state index contributed by atoms with van der Waals surface area (Å²) in [6.45, 7) is 4.02. The first kappa shape index (κ1) is 9.86. The Morgan fingerprint density at radius 2 is 2.58 bits per heavy atom. The molecule has 1 rings (SSSR count). The third-order valence-corrected chi connectivity index (χ3v) is 2.69. The molecule has 3 nitrogen and oxygen atoms in total. The zero-order valence-corrected chi connectivity index (χ0v) is 8.23. The van der Waals surface area contributed by atoms with Gasteiger partial charge in [-0.15, -0.1) is 0 Å². The molecule has 1 unspecified atom stereocenters. The van der Waals surface area contributed by atoms with Crippen LogP contribution < -0.4 is 5.32 Å². The van der Waals surface area contributed by atoms with Crippen LogP contribution in [0.5, 0.6) is 0 Å². The van der Waals surface area contributed by atoms with Crippen molar-refractivity contribution in [3.63, 3.8) is 0 Å². The summed E-state index contributed by atoms with van der Waals surface area (Å²) in [6, 6.07) is 0. The summed E-state index contributed by atoms with van der Waals surface area (Å²) in [7, 11) is 0. The van der Waals surface area contributed by atoms with Crippen molar-refractivity contribution < 1.29 is 5.11 Å². The van der Waals surface area contributed by atoms with Gasteiger partial charge in [0.2, 0.25) is 0 Å². The SMILES string of the molecule is CC(CO)CNC1=NCCSC1. The van der Waals surface area contributed by atoms with Gasteiger partial charge in [0.05, 0.1) is 12.3 Å². The van der Waals surface area contributed by atoms with Gasteiger partial charge in [-0.2, -0.15) is 11.8 Å². The van der Waals surface area contributed by atoms with Crippen LogP contribution in [0.1, 0.15) is 6.92 Å². The van der Waals surface area contributed by atoms with Gasteiger partial charge < -0.3 is 10.4 Å². The van der Waals surface area contributed by atoms with Crippen molar-refractivity contribution in [2.75, 3.05) is 31.2 Å². The number of rotatable bonds is 3. The maximum Gasteiger partial charge on any atom is 0.106 e. The van der Waals surface area contributed by atoms with Crippen LogP contribution in [0.4, 0.5) is 0 Å². The standard InChI is InChI=1S/C8H16N2OS/c1-7(5-11)4-10-8-6-12-3-2-9-8/h7,11H,2-6H2,1H3,(H,9,10). The number of aliphatic imine (C=N–C) groups is 1.